The number of rotatable bonds is 2. The smallest absolute Gasteiger partial charge is 0.145 e. The van der Waals surface area contributed by atoms with Crippen molar-refractivity contribution in [3.8, 4) is 0 Å². The van der Waals surface area contributed by atoms with Crippen molar-refractivity contribution < 1.29 is 8.78 Å². The quantitative estimate of drug-likeness (QED) is 0.561. The van der Waals surface area contributed by atoms with Gasteiger partial charge in [-0.2, -0.15) is 0 Å². The highest BCUT2D eigenvalue weighted by Gasteiger charge is 2.06. The van der Waals surface area contributed by atoms with Gasteiger partial charge in [0.15, 0.2) is 0 Å². The molecule has 0 aliphatic heterocycles. The van der Waals surface area contributed by atoms with E-state index in [1.54, 1.807) is 12.2 Å². The van der Waals surface area contributed by atoms with Crippen LogP contribution in [0, 0.1) is 11.6 Å². The predicted molar refractivity (Wildman–Crippen MR) is 54.2 cm³/mol. The monoisotopic (exact) mass is 266 g/mol. The van der Waals surface area contributed by atoms with Crippen LogP contribution < -0.4 is 0 Å². The number of benzene rings is 1. The van der Waals surface area contributed by atoms with Crippen molar-refractivity contribution in [2.75, 3.05) is 5.33 Å². The van der Waals surface area contributed by atoms with Crippen LogP contribution in [0.5, 0.6) is 0 Å². The van der Waals surface area contributed by atoms with Crippen molar-refractivity contribution in [3.05, 3.63) is 40.4 Å². The first-order chi connectivity index (χ1) is 6.15. The maximum Gasteiger partial charge on any atom is 0.145 e. The Morgan fingerprint density at radius 3 is 2.31 bits per heavy atom. The zero-order valence-corrected chi connectivity index (χ0v) is 8.87. The second kappa shape index (κ2) is 4.72. The molecule has 0 bridgehead atoms. The van der Waals surface area contributed by atoms with E-state index in [9.17, 15) is 8.78 Å². The zero-order chi connectivity index (χ0) is 9.84. The molecule has 1 aromatic carbocycles. The molecule has 0 unspecified atom stereocenters. The normalized spacial score (nSPS) is 11.1. The van der Waals surface area contributed by atoms with Crippen LogP contribution in [-0.2, 0) is 0 Å². The summed E-state index contributed by atoms with van der Waals surface area (Å²) >= 11 is 8.46. The minimum Gasteiger partial charge on any atom is -0.205 e. The van der Waals surface area contributed by atoms with Crippen LogP contribution in [0.1, 0.15) is 5.56 Å². The Morgan fingerprint density at radius 2 is 1.85 bits per heavy atom. The standard InChI is InChI=1S/C9H6BrClF2/c10-3-1-2-6-4-7(12)9(11)8(13)5-6/h1-2,4-5H,3H2. The highest BCUT2D eigenvalue weighted by Crippen LogP contribution is 2.20. The molecule has 1 aromatic rings. The third-order valence-electron chi connectivity index (χ3n) is 1.41. The van der Waals surface area contributed by atoms with Gasteiger partial charge in [-0.25, -0.2) is 8.78 Å². The van der Waals surface area contributed by atoms with E-state index < -0.39 is 16.7 Å². The molecule has 0 spiro atoms. The van der Waals surface area contributed by atoms with E-state index in [0.717, 1.165) is 0 Å². The number of allylic oxidation sites excluding steroid dienone is 1. The van der Waals surface area contributed by atoms with Crippen LogP contribution in [0.3, 0.4) is 0 Å². The van der Waals surface area contributed by atoms with E-state index in [0.29, 0.717) is 10.9 Å². The fourth-order valence-corrected chi connectivity index (χ4v) is 1.15. The number of hydrogen-bond acceptors (Lipinski definition) is 0. The van der Waals surface area contributed by atoms with Crippen molar-refractivity contribution in [1.82, 2.24) is 0 Å². The average Bonchev–Trinajstić information content (AvgIpc) is 2.10. The summed E-state index contributed by atoms with van der Waals surface area (Å²) in [6.07, 6.45) is 3.35. The maximum absolute atomic E-state index is 12.8. The van der Waals surface area contributed by atoms with Crippen LogP contribution in [-0.4, -0.2) is 5.33 Å². The number of alkyl halides is 1. The lowest BCUT2D eigenvalue weighted by Gasteiger charge is -1.98. The molecule has 0 N–H and O–H groups in total. The Labute approximate surface area is 88.3 Å². The van der Waals surface area contributed by atoms with Gasteiger partial charge in [-0.3, -0.25) is 0 Å². The molecule has 4 heteroatoms. The molecule has 0 fully saturated rings. The van der Waals surface area contributed by atoms with Gasteiger partial charge < -0.3 is 0 Å². The van der Waals surface area contributed by atoms with E-state index in [1.165, 1.54) is 12.1 Å². The third kappa shape index (κ3) is 2.78. The lowest BCUT2D eigenvalue weighted by atomic mass is 10.2. The Bertz CT molecular complexity index is 313. The van der Waals surface area contributed by atoms with Gasteiger partial charge in [0.25, 0.3) is 0 Å². The fraction of sp³-hybridized carbons (Fsp3) is 0.111. The molecule has 0 aromatic heterocycles. The van der Waals surface area contributed by atoms with Crippen molar-refractivity contribution >= 4 is 33.6 Å². The summed E-state index contributed by atoms with van der Waals surface area (Å²) in [7, 11) is 0. The molecule has 0 saturated heterocycles. The molecule has 0 aliphatic carbocycles. The van der Waals surface area contributed by atoms with E-state index in [-0.39, 0.29) is 0 Å². The molecule has 0 saturated carbocycles. The Kier molecular flexibility index (Phi) is 3.88. The van der Waals surface area contributed by atoms with E-state index in [1.807, 2.05) is 0 Å². The Hall–Kier alpha value is -0.410. The lowest BCUT2D eigenvalue weighted by molar-refractivity contribution is 0.583. The summed E-state index contributed by atoms with van der Waals surface area (Å²) in [5, 5.41) is 0.176. The summed E-state index contributed by atoms with van der Waals surface area (Å²) in [4.78, 5) is 0. The molecule has 0 heterocycles. The van der Waals surface area contributed by atoms with Crippen molar-refractivity contribution in [1.29, 1.82) is 0 Å². The zero-order valence-electron chi connectivity index (χ0n) is 6.53. The van der Waals surface area contributed by atoms with Gasteiger partial charge >= 0.3 is 0 Å². The molecule has 13 heavy (non-hydrogen) atoms. The van der Waals surface area contributed by atoms with Crippen molar-refractivity contribution in [3.63, 3.8) is 0 Å². The van der Waals surface area contributed by atoms with Crippen LogP contribution in [0.2, 0.25) is 5.02 Å². The first kappa shape index (κ1) is 10.7. The van der Waals surface area contributed by atoms with Gasteiger partial charge in [0, 0.05) is 5.33 Å². The van der Waals surface area contributed by atoms with E-state index >= 15 is 0 Å². The molecule has 0 atom stereocenters. The second-order valence-corrected chi connectivity index (χ2v) is 3.38. The third-order valence-corrected chi connectivity index (χ3v) is 2.14. The van der Waals surface area contributed by atoms with E-state index in [2.05, 4.69) is 15.9 Å². The minimum atomic E-state index is -0.740. The summed E-state index contributed by atoms with van der Waals surface area (Å²) in [5.41, 5.74) is 0.457. The molecule has 0 aliphatic rings. The van der Waals surface area contributed by atoms with Gasteiger partial charge in [0.05, 0.1) is 0 Å². The highest BCUT2D eigenvalue weighted by atomic mass is 79.9. The fourth-order valence-electron chi connectivity index (χ4n) is 0.852. The molecule has 70 valence electrons. The average molecular weight is 268 g/mol. The van der Waals surface area contributed by atoms with Gasteiger partial charge in [-0.1, -0.05) is 39.7 Å². The Morgan fingerprint density at radius 1 is 1.31 bits per heavy atom. The Balaban J connectivity index is 3.06. The lowest BCUT2D eigenvalue weighted by Crippen LogP contribution is -1.85. The van der Waals surface area contributed by atoms with Crippen molar-refractivity contribution in [2.24, 2.45) is 0 Å². The largest absolute Gasteiger partial charge is 0.205 e. The summed E-state index contributed by atoms with van der Waals surface area (Å²) in [5.74, 6) is -1.48. The second-order valence-electron chi connectivity index (χ2n) is 2.36. The minimum absolute atomic E-state index is 0.457. The van der Waals surface area contributed by atoms with Gasteiger partial charge in [0.2, 0.25) is 0 Å². The first-order valence-corrected chi connectivity index (χ1v) is 5.02. The molecule has 1 rings (SSSR count). The van der Waals surface area contributed by atoms with Gasteiger partial charge in [-0.05, 0) is 17.7 Å². The van der Waals surface area contributed by atoms with E-state index in [4.69, 9.17) is 11.6 Å². The molecule has 0 amide bonds. The molecular weight excluding hydrogens is 261 g/mol. The van der Waals surface area contributed by atoms with Crippen LogP contribution in [0.15, 0.2) is 18.2 Å². The highest BCUT2D eigenvalue weighted by molar-refractivity contribution is 9.09. The maximum atomic E-state index is 12.8. The molecular formula is C9H6BrClF2. The summed E-state index contributed by atoms with van der Waals surface area (Å²) < 4.78 is 25.7. The number of hydrogen-bond donors (Lipinski definition) is 0. The van der Waals surface area contributed by atoms with Gasteiger partial charge in [-0.15, -0.1) is 0 Å². The first-order valence-electron chi connectivity index (χ1n) is 3.52. The van der Waals surface area contributed by atoms with Crippen molar-refractivity contribution in [2.45, 2.75) is 0 Å². The SMILES string of the molecule is Fc1cc(C=CCBr)cc(F)c1Cl. The summed E-state index contributed by atoms with van der Waals surface area (Å²) in [6, 6.07) is 2.37. The molecule has 0 radical (unpaired) electrons. The summed E-state index contributed by atoms with van der Waals surface area (Å²) in [6.45, 7) is 0. The topological polar surface area (TPSA) is 0 Å². The van der Waals surface area contributed by atoms with Crippen LogP contribution >= 0.6 is 27.5 Å². The molecule has 0 nitrogen and oxygen atoms in total. The van der Waals surface area contributed by atoms with Gasteiger partial charge in [0.1, 0.15) is 16.7 Å². The van der Waals surface area contributed by atoms with Crippen LogP contribution in [0.4, 0.5) is 8.78 Å². The number of halogens is 4. The predicted octanol–water partition coefficient (Wildman–Crippen LogP) is 4.03. The van der Waals surface area contributed by atoms with Crippen LogP contribution in [0.25, 0.3) is 6.08 Å².